The van der Waals surface area contributed by atoms with Crippen LogP contribution in [0.5, 0.6) is 11.5 Å². The number of phenols is 2. The molecule has 1 fully saturated rings. The Hall–Kier alpha value is -1.42. The maximum atomic E-state index is 12.2. The molecular formula is C13H16ClNO3. The smallest absolute Gasteiger partial charge is 0.254 e. The molecule has 98 valence electrons. The second-order valence-electron chi connectivity index (χ2n) is 4.74. The number of carbonyl (C=O) groups excluding carboxylic acids is 1. The second-order valence-corrected chi connectivity index (χ2v) is 5.30. The molecule has 0 saturated carbocycles. The highest BCUT2D eigenvalue weighted by Crippen LogP contribution is 2.27. The van der Waals surface area contributed by atoms with E-state index in [4.69, 9.17) is 11.6 Å². The Morgan fingerprint density at radius 2 is 2.11 bits per heavy atom. The summed E-state index contributed by atoms with van der Waals surface area (Å²) in [7, 11) is 0. The summed E-state index contributed by atoms with van der Waals surface area (Å²) in [5.74, 6) is -0.269. The van der Waals surface area contributed by atoms with E-state index < -0.39 is 0 Å². The third-order valence-corrected chi connectivity index (χ3v) is 3.94. The van der Waals surface area contributed by atoms with Crippen molar-refractivity contribution in [3.8, 4) is 11.5 Å². The average Bonchev–Trinajstić information content (AvgIpc) is 2.35. The molecule has 0 aliphatic carbocycles. The summed E-state index contributed by atoms with van der Waals surface area (Å²) < 4.78 is 0. The van der Waals surface area contributed by atoms with Crippen molar-refractivity contribution in [2.75, 3.05) is 13.1 Å². The Morgan fingerprint density at radius 1 is 1.39 bits per heavy atom. The van der Waals surface area contributed by atoms with Crippen molar-refractivity contribution in [3.63, 3.8) is 0 Å². The highest BCUT2D eigenvalue weighted by molar-refractivity contribution is 6.21. The molecule has 1 aromatic carbocycles. The van der Waals surface area contributed by atoms with E-state index in [0.717, 1.165) is 6.42 Å². The van der Waals surface area contributed by atoms with Gasteiger partial charge in [0, 0.05) is 18.7 Å². The number of hydrogen-bond donors (Lipinski definition) is 2. The fourth-order valence-electron chi connectivity index (χ4n) is 2.05. The van der Waals surface area contributed by atoms with Crippen LogP contribution in [-0.4, -0.2) is 39.5 Å². The van der Waals surface area contributed by atoms with Crippen molar-refractivity contribution < 1.29 is 15.0 Å². The third-order valence-electron chi connectivity index (χ3n) is 3.38. The van der Waals surface area contributed by atoms with Gasteiger partial charge in [0.15, 0.2) is 11.5 Å². The maximum absolute atomic E-state index is 12.2. The average molecular weight is 270 g/mol. The van der Waals surface area contributed by atoms with Crippen LogP contribution in [0.4, 0.5) is 0 Å². The molecule has 1 aliphatic rings. The topological polar surface area (TPSA) is 60.8 Å². The van der Waals surface area contributed by atoms with Gasteiger partial charge in [-0.1, -0.05) is 6.92 Å². The predicted octanol–water partition coefficient (Wildman–Crippen LogP) is 2.19. The van der Waals surface area contributed by atoms with Crippen LogP contribution in [0, 0.1) is 5.92 Å². The summed E-state index contributed by atoms with van der Waals surface area (Å²) >= 11 is 6.17. The first-order valence-electron chi connectivity index (χ1n) is 5.94. The molecule has 1 aromatic rings. The largest absolute Gasteiger partial charge is 0.504 e. The van der Waals surface area contributed by atoms with E-state index in [9.17, 15) is 15.0 Å². The van der Waals surface area contributed by atoms with Crippen LogP contribution in [0.1, 0.15) is 23.7 Å². The summed E-state index contributed by atoms with van der Waals surface area (Å²) in [6.45, 7) is 3.26. The van der Waals surface area contributed by atoms with Gasteiger partial charge >= 0.3 is 0 Å². The number of piperidine rings is 1. The van der Waals surface area contributed by atoms with Crippen LogP contribution in [0.25, 0.3) is 0 Å². The Kier molecular flexibility index (Phi) is 3.66. The van der Waals surface area contributed by atoms with Crippen molar-refractivity contribution in [1.29, 1.82) is 0 Å². The molecule has 2 N–H and O–H groups in total. The minimum atomic E-state index is -0.284. The highest BCUT2D eigenvalue weighted by atomic mass is 35.5. The van der Waals surface area contributed by atoms with Gasteiger partial charge in [0.25, 0.3) is 5.91 Å². The summed E-state index contributed by atoms with van der Waals surface area (Å²) in [6, 6.07) is 4.09. The van der Waals surface area contributed by atoms with E-state index in [1.165, 1.54) is 18.2 Å². The zero-order valence-corrected chi connectivity index (χ0v) is 10.9. The Bertz CT molecular complexity index is 464. The number of nitrogens with zero attached hydrogens (tertiary/aromatic N) is 1. The molecule has 1 heterocycles. The minimum Gasteiger partial charge on any atom is -0.504 e. The Balaban J connectivity index is 2.14. The first-order valence-corrected chi connectivity index (χ1v) is 6.38. The quantitative estimate of drug-likeness (QED) is 0.607. The van der Waals surface area contributed by atoms with Crippen LogP contribution in [0.3, 0.4) is 0 Å². The predicted molar refractivity (Wildman–Crippen MR) is 69.1 cm³/mol. The van der Waals surface area contributed by atoms with E-state index in [2.05, 4.69) is 6.92 Å². The summed E-state index contributed by atoms with van der Waals surface area (Å²) in [6.07, 6.45) is 0.879. The molecular weight excluding hydrogens is 254 g/mol. The van der Waals surface area contributed by atoms with Crippen molar-refractivity contribution >= 4 is 17.5 Å². The van der Waals surface area contributed by atoms with Gasteiger partial charge in [-0.25, -0.2) is 0 Å². The first kappa shape index (κ1) is 13.0. The first-order chi connectivity index (χ1) is 8.49. The lowest BCUT2D eigenvalue weighted by Crippen LogP contribution is -2.43. The van der Waals surface area contributed by atoms with E-state index in [1.807, 2.05) is 0 Å². The number of aromatic hydroxyl groups is 2. The third kappa shape index (κ3) is 2.53. The van der Waals surface area contributed by atoms with Gasteiger partial charge in [-0.3, -0.25) is 4.79 Å². The van der Waals surface area contributed by atoms with Gasteiger partial charge in [0.1, 0.15) is 0 Å². The van der Waals surface area contributed by atoms with Crippen molar-refractivity contribution in [2.24, 2.45) is 5.92 Å². The monoisotopic (exact) mass is 269 g/mol. The number of rotatable bonds is 1. The fourth-order valence-corrected chi connectivity index (χ4v) is 2.34. The number of amides is 1. The van der Waals surface area contributed by atoms with E-state index in [0.29, 0.717) is 24.6 Å². The lowest BCUT2D eigenvalue weighted by molar-refractivity contribution is 0.0701. The lowest BCUT2D eigenvalue weighted by atomic mass is 9.98. The van der Waals surface area contributed by atoms with Crippen molar-refractivity contribution in [2.45, 2.75) is 18.7 Å². The Morgan fingerprint density at radius 3 is 2.72 bits per heavy atom. The number of benzene rings is 1. The van der Waals surface area contributed by atoms with Crippen LogP contribution in [-0.2, 0) is 0 Å². The number of phenolic OH excluding ortho intramolecular Hbond substituents is 2. The van der Waals surface area contributed by atoms with Gasteiger partial charge in [0.05, 0.1) is 5.38 Å². The van der Waals surface area contributed by atoms with Gasteiger partial charge in [-0.05, 0) is 30.5 Å². The van der Waals surface area contributed by atoms with Crippen LogP contribution in [0.2, 0.25) is 0 Å². The SMILES string of the molecule is CC1CCN(C(=O)c2ccc(O)c(O)c2)CC1Cl. The molecule has 0 bridgehead atoms. The van der Waals surface area contributed by atoms with Gasteiger partial charge < -0.3 is 15.1 Å². The molecule has 18 heavy (non-hydrogen) atoms. The molecule has 2 rings (SSSR count). The molecule has 1 amide bonds. The lowest BCUT2D eigenvalue weighted by Gasteiger charge is -2.34. The number of carbonyl (C=O) groups is 1. The molecule has 4 nitrogen and oxygen atoms in total. The van der Waals surface area contributed by atoms with Crippen molar-refractivity contribution in [1.82, 2.24) is 4.90 Å². The fraction of sp³-hybridized carbons (Fsp3) is 0.462. The van der Waals surface area contributed by atoms with Crippen LogP contribution >= 0.6 is 11.6 Å². The molecule has 1 aliphatic heterocycles. The van der Waals surface area contributed by atoms with E-state index in [-0.39, 0.29) is 22.8 Å². The molecule has 2 atom stereocenters. The standard InChI is InChI=1S/C13H16ClNO3/c1-8-4-5-15(7-10(8)14)13(18)9-2-3-11(16)12(17)6-9/h2-3,6,8,10,16-17H,4-5,7H2,1H3. The van der Waals surface area contributed by atoms with Crippen LogP contribution < -0.4 is 0 Å². The summed E-state index contributed by atoms with van der Waals surface area (Å²) in [5, 5.41) is 18.6. The summed E-state index contributed by atoms with van der Waals surface area (Å²) in [5.41, 5.74) is 0.365. The van der Waals surface area contributed by atoms with Gasteiger partial charge in [-0.2, -0.15) is 0 Å². The normalized spacial score (nSPS) is 24.0. The molecule has 0 radical (unpaired) electrons. The van der Waals surface area contributed by atoms with E-state index >= 15 is 0 Å². The second kappa shape index (κ2) is 5.06. The zero-order chi connectivity index (χ0) is 13.3. The molecule has 2 unspecified atom stereocenters. The molecule has 5 heteroatoms. The maximum Gasteiger partial charge on any atom is 0.254 e. The summed E-state index contributed by atoms with van der Waals surface area (Å²) in [4.78, 5) is 13.9. The van der Waals surface area contributed by atoms with Gasteiger partial charge in [-0.15, -0.1) is 11.6 Å². The minimum absolute atomic E-state index is 0.0339. The van der Waals surface area contributed by atoms with Gasteiger partial charge in [0.2, 0.25) is 0 Å². The number of halogens is 1. The number of likely N-dealkylation sites (tertiary alicyclic amines) is 1. The molecule has 1 saturated heterocycles. The number of hydrogen-bond acceptors (Lipinski definition) is 3. The van der Waals surface area contributed by atoms with Crippen molar-refractivity contribution in [3.05, 3.63) is 23.8 Å². The number of alkyl halides is 1. The highest BCUT2D eigenvalue weighted by Gasteiger charge is 2.28. The van der Waals surface area contributed by atoms with E-state index in [1.54, 1.807) is 4.90 Å². The zero-order valence-electron chi connectivity index (χ0n) is 10.1. The molecule has 0 aromatic heterocycles. The van der Waals surface area contributed by atoms with Crippen LogP contribution in [0.15, 0.2) is 18.2 Å². The Labute approximate surface area is 111 Å². The molecule has 0 spiro atoms.